The van der Waals surface area contributed by atoms with E-state index in [4.69, 9.17) is 4.43 Å². The molecule has 84 valence electrons. The average molecular weight is 239 g/mol. The van der Waals surface area contributed by atoms with Gasteiger partial charge < -0.3 is 4.43 Å². The Hall–Kier alpha value is -0.236. The van der Waals surface area contributed by atoms with Crippen LogP contribution in [0.3, 0.4) is 0 Å². The van der Waals surface area contributed by atoms with Crippen LogP contribution in [-0.2, 0) is 4.43 Å². The molecule has 0 aromatic rings. The first-order valence-electron chi connectivity index (χ1n) is 4.58. The monoisotopic (exact) mass is 239 g/mol. The third-order valence-corrected chi connectivity index (χ3v) is 2.76. The predicted molar refractivity (Wildman–Crippen MR) is 61.2 cm³/mol. The molecule has 0 atom stereocenters. The molecule has 0 amide bonds. The Labute approximate surface area is 86.6 Å². The van der Waals surface area contributed by atoms with E-state index in [0.29, 0.717) is 0 Å². The molecule has 0 bridgehead atoms. The van der Waals surface area contributed by atoms with Crippen LogP contribution in [0.5, 0.6) is 0 Å². The minimum absolute atomic E-state index is 0.358. The van der Waals surface area contributed by atoms with Crippen LogP contribution in [0.2, 0.25) is 39.3 Å². The van der Waals surface area contributed by atoms with Crippen molar-refractivity contribution in [2.24, 2.45) is 4.66 Å². The van der Waals surface area contributed by atoms with Crippen LogP contribution >= 0.6 is 0 Å². The van der Waals surface area contributed by atoms with Crippen molar-refractivity contribution in [2.45, 2.75) is 45.7 Å². The van der Waals surface area contributed by atoms with Crippen LogP contribution in [0.1, 0.15) is 0 Å². The molecular formula is C8H19F2NOSi2. The first-order chi connectivity index (χ1) is 6.01. The number of hydrogen-bond acceptors (Lipinski definition) is 2. The largest absolute Gasteiger partial charge is 0.531 e. The number of alkyl halides is 2. The summed E-state index contributed by atoms with van der Waals surface area (Å²) in [6.07, 6.45) is -2.59. The smallest absolute Gasteiger partial charge is 0.310 e. The van der Waals surface area contributed by atoms with Crippen LogP contribution in [0.15, 0.2) is 4.66 Å². The third-order valence-electron chi connectivity index (χ3n) is 1.04. The van der Waals surface area contributed by atoms with E-state index in [1.54, 1.807) is 0 Å². The lowest BCUT2D eigenvalue weighted by molar-refractivity contribution is 0.200. The van der Waals surface area contributed by atoms with Crippen LogP contribution in [0, 0.1) is 0 Å². The van der Waals surface area contributed by atoms with Crippen LogP contribution in [0.25, 0.3) is 0 Å². The Morgan fingerprint density at radius 3 is 1.71 bits per heavy atom. The zero-order valence-corrected chi connectivity index (χ0v) is 11.7. The second-order valence-electron chi connectivity index (χ2n) is 5.14. The summed E-state index contributed by atoms with van der Waals surface area (Å²) in [6, 6.07) is 0. The second-order valence-corrected chi connectivity index (χ2v) is 14.1. The van der Waals surface area contributed by atoms with Gasteiger partial charge in [0.15, 0.2) is 8.24 Å². The highest BCUT2D eigenvalue weighted by atomic mass is 28.4. The molecule has 0 unspecified atom stereocenters. The van der Waals surface area contributed by atoms with E-state index in [1.165, 1.54) is 0 Å². The lowest BCUT2D eigenvalue weighted by Crippen LogP contribution is -2.35. The Balaban J connectivity index is 4.71. The van der Waals surface area contributed by atoms with Crippen molar-refractivity contribution in [3.05, 3.63) is 0 Å². The summed E-state index contributed by atoms with van der Waals surface area (Å²) in [7, 11) is -3.85. The number of rotatable bonds is 3. The van der Waals surface area contributed by atoms with E-state index in [2.05, 4.69) is 4.66 Å². The zero-order chi connectivity index (χ0) is 11.6. The fourth-order valence-electron chi connectivity index (χ4n) is 0.760. The maximum Gasteiger partial charge on any atom is 0.310 e. The highest BCUT2D eigenvalue weighted by molar-refractivity contribution is 6.76. The van der Waals surface area contributed by atoms with E-state index in [9.17, 15) is 8.78 Å². The van der Waals surface area contributed by atoms with Gasteiger partial charge in [0.1, 0.15) is 0 Å². The van der Waals surface area contributed by atoms with Gasteiger partial charge in [-0.1, -0.05) is 0 Å². The lowest BCUT2D eigenvalue weighted by Gasteiger charge is -2.22. The molecule has 0 radical (unpaired) electrons. The quantitative estimate of drug-likeness (QED) is 0.420. The summed E-state index contributed by atoms with van der Waals surface area (Å²) in [5.74, 6) is -0.358. The summed E-state index contributed by atoms with van der Waals surface area (Å²) in [4.78, 5) is 0. The maximum absolute atomic E-state index is 12.5. The van der Waals surface area contributed by atoms with Crippen molar-refractivity contribution < 1.29 is 13.2 Å². The summed E-state index contributed by atoms with van der Waals surface area (Å²) < 4.78 is 34.4. The van der Waals surface area contributed by atoms with Crippen molar-refractivity contribution in [3.63, 3.8) is 0 Å². The van der Waals surface area contributed by atoms with Crippen LogP contribution in [-0.4, -0.2) is 28.9 Å². The summed E-state index contributed by atoms with van der Waals surface area (Å²) in [5, 5.41) is 0. The zero-order valence-electron chi connectivity index (χ0n) is 9.69. The van der Waals surface area contributed by atoms with Gasteiger partial charge in [0, 0.05) is 0 Å². The Morgan fingerprint density at radius 1 is 1.07 bits per heavy atom. The van der Waals surface area contributed by atoms with Gasteiger partial charge in [-0.25, -0.2) is 0 Å². The minimum Gasteiger partial charge on any atom is -0.531 e. The molecule has 0 spiro atoms. The van der Waals surface area contributed by atoms with Crippen molar-refractivity contribution in [1.29, 1.82) is 0 Å². The first kappa shape index (κ1) is 13.8. The van der Waals surface area contributed by atoms with Crippen LogP contribution in [0.4, 0.5) is 8.78 Å². The standard InChI is InChI=1S/C8H19F2NOSi2/c1-13(2,3)11-8(7(9)10)12-14(4,5)6/h7H,1-6H3/b11-8-. The van der Waals surface area contributed by atoms with Gasteiger partial charge in [-0.2, -0.15) is 8.78 Å². The van der Waals surface area contributed by atoms with Crippen LogP contribution < -0.4 is 0 Å². The summed E-state index contributed by atoms with van der Waals surface area (Å²) in [6.45, 7) is 11.3. The second kappa shape index (κ2) is 4.52. The molecule has 0 aliphatic rings. The fourth-order valence-corrected chi connectivity index (χ4v) is 2.42. The molecule has 0 aromatic carbocycles. The van der Waals surface area contributed by atoms with Gasteiger partial charge >= 0.3 is 6.43 Å². The van der Waals surface area contributed by atoms with E-state index >= 15 is 0 Å². The molecule has 6 heteroatoms. The number of halogens is 2. The Bertz CT molecular complexity index is 218. The third kappa shape index (κ3) is 7.19. The molecular weight excluding hydrogens is 220 g/mol. The van der Waals surface area contributed by atoms with Crippen molar-refractivity contribution in [3.8, 4) is 0 Å². The molecule has 0 N–H and O–H groups in total. The van der Waals surface area contributed by atoms with Gasteiger partial charge in [-0.15, -0.1) is 0 Å². The summed E-state index contributed by atoms with van der Waals surface area (Å²) in [5.41, 5.74) is 0. The van der Waals surface area contributed by atoms with Gasteiger partial charge in [-0.3, -0.25) is 4.66 Å². The Kier molecular flexibility index (Phi) is 4.45. The molecule has 2 nitrogen and oxygen atoms in total. The van der Waals surface area contributed by atoms with Gasteiger partial charge in [0.05, 0.1) is 0 Å². The van der Waals surface area contributed by atoms with E-state index < -0.39 is 23.0 Å². The van der Waals surface area contributed by atoms with Gasteiger partial charge in [0.2, 0.25) is 14.2 Å². The van der Waals surface area contributed by atoms with E-state index in [1.807, 2.05) is 39.3 Å². The summed E-state index contributed by atoms with van der Waals surface area (Å²) >= 11 is 0. The van der Waals surface area contributed by atoms with E-state index in [-0.39, 0.29) is 5.90 Å². The highest BCUT2D eigenvalue weighted by Gasteiger charge is 2.26. The molecule has 0 aromatic heterocycles. The molecule has 0 aliphatic carbocycles. The Morgan fingerprint density at radius 2 is 1.50 bits per heavy atom. The minimum atomic E-state index is -2.59. The molecule has 0 fully saturated rings. The molecule has 0 aliphatic heterocycles. The molecule has 0 rings (SSSR count). The topological polar surface area (TPSA) is 21.6 Å². The number of nitrogens with zero attached hydrogens (tertiary/aromatic N) is 1. The predicted octanol–water partition coefficient (Wildman–Crippen LogP) is 3.34. The van der Waals surface area contributed by atoms with Crippen molar-refractivity contribution in [2.75, 3.05) is 0 Å². The maximum atomic E-state index is 12.5. The van der Waals surface area contributed by atoms with Gasteiger partial charge in [-0.05, 0) is 39.3 Å². The number of hydrogen-bond donors (Lipinski definition) is 0. The average Bonchev–Trinajstić information content (AvgIpc) is 1.78. The van der Waals surface area contributed by atoms with Crippen molar-refractivity contribution >= 4 is 22.5 Å². The molecule has 0 saturated carbocycles. The van der Waals surface area contributed by atoms with Gasteiger partial charge in [0.25, 0.3) is 0 Å². The van der Waals surface area contributed by atoms with Crippen molar-refractivity contribution in [1.82, 2.24) is 0 Å². The SMILES string of the molecule is C[Si](C)(C)/N=C(\O[Si](C)(C)C)C(F)F. The van der Waals surface area contributed by atoms with E-state index in [0.717, 1.165) is 0 Å². The lowest BCUT2D eigenvalue weighted by atomic mass is 10.7. The molecule has 0 heterocycles. The molecule has 0 saturated heterocycles. The fraction of sp³-hybridized carbons (Fsp3) is 0.875. The highest BCUT2D eigenvalue weighted by Crippen LogP contribution is 2.12. The first-order valence-corrected chi connectivity index (χ1v) is 11.4. The normalized spacial score (nSPS) is 14.8. The molecule has 14 heavy (non-hydrogen) atoms.